The fourth-order valence-electron chi connectivity index (χ4n) is 2.72. The highest BCUT2D eigenvalue weighted by Crippen LogP contribution is 2.24. The lowest BCUT2D eigenvalue weighted by molar-refractivity contribution is 0.263. The van der Waals surface area contributed by atoms with Crippen molar-refractivity contribution < 1.29 is 8.42 Å². The molecule has 2 unspecified atom stereocenters. The van der Waals surface area contributed by atoms with Crippen LogP contribution in [0.4, 0.5) is 0 Å². The summed E-state index contributed by atoms with van der Waals surface area (Å²) in [6.07, 6.45) is 4.99. The summed E-state index contributed by atoms with van der Waals surface area (Å²) >= 11 is 0. The summed E-state index contributed by atoms with van der Waals surface area (Å²) in [6, 6.07) is 0.195. The van der Waals surface area contributed by atoms with E-state index in [0.717, 1.165) is 45.2 Å². The molecule has 0 spiro atoms. The van der Waals surface area contributed by atoms with E-state index in [9.17, 15) is 8.42 Å². The SMILES string of the molecule is CC1CCCCN1S(=O)(=O)C1CCCNC1. The largest absolute Gasteiger partial charge is 0.315 e. The van der Waals surface area contributed by atoms with Crippen molar-refractivity contribution in [3.05, 3.63) is 0 Å². The summed E-state index contributed by atoms with van der Waals surface area (Å²) in [7, 11) is -3.06. The Balaban J connectivity index is 2.10. The molecule has 0 aromatic rings. The van der Waals surface area contributed by atoms with Gasteiger partial charge < -0.3 is 5.32 Å². The van der Waals surface area contributed by atoms with E-state index in [1.807, 2.05) is 6.92 Å². The molecular weight excluding hydrogens is 224 g/mol. The Kier molecular flexibility index (Phi) is 3.87. The Morgan fingerprint density at radius 3 is 2.62 bits per heavy atom. The monoisotopic (exact) mass is 246 g/mol. The predicted octanol–water partition coefficient (Wildman–Crippen LogP) is 0.943. The molecule has 0 saturated carbocycles. The Morgan fingerprint density at radius 2 is 2.00 bits per heavy atom. The average molecular weight is 246 g/mol. The van der Waals surface area contributed by atoms with Crippen LogP contribution in [-0.2, 0) is 10.0 Å². The molecule has 4 nitrogen and oxygen atoms in total. The van der Waals surface area contributed by atoms with Crippen molar-refractivity contribution in [3.8, 4) is 0 Å². The van der Waals surface area contributed by atoms with Gasteiger partial charge in [0.1, 0.15) is 0 Å². The zero-order valence-corrected chi connectivity index (χ0v) is 10.8. The first-order valence-corrected chi connectivity index (χ1v) is 7.84. The number of sulfonamides is 1. The first-order valence-electron chi connectivity index (χ1n) is 6.34. The van der Waals surface area contributed by atoms with Crippen LogP contribution in [0.1, 0.15) is 39.0 Å². The van der Waals surface area contributed by atoms with Crippen LogP contribution in [0.25, 0.3) is 0 Å². The summed E-state index contributed by atoms with van der Waals surface area (Å²) in [5, 5.41) is 3.00. The minimum Gasteiger partial charge on any atom is -0.315 e. The molecular formula is C11H22N2O2S. The topological polar surface area (TPSA) is 49.4 Å². The molecule has 0 aromatic heterocycles. The standard InChI is InChI=1S/C11H22N2O2S/c1-10-5-2-3-8-13(10)16(14,15)11-6-4-7-12-9-11/h10-12H,2-9H2,1H3. The number of rotatable bonds is 2. The van der Waals surface area contributed by atoms with E-state index >= 15 is 0 Å². The molecule has 2 saturated heterocycles. The zero-order chi connectivity index (χ0) is 11.6. The number of piperidine rings is 2. The summed E-state index contributed by atoms with van der Waals surface area (Å²) < 4.78 is 26.6. The fraction of sp³-hybridized carbons (Fsp3) is 1.00. The van der Waals surface area contributed by atoms with Gasteiger partial charge in [-0.05, 0) is 39.2 Å². The lowest BCUT2D eigenvalue weighted by Gasteiger charge is -2.36. The molecule has 0 radical (unpaired) electrons. The third-order valence-electron chi connectivity index (χ3n) is 3.74. The maximum atomic E-state index is 12.4. The highest BCUT2D eigenvalue weighted by molar-refractivity contribution is 7.89. The summed E-state index contributed by atoms with van der Waals surface area (Å²) in [4.78, 5) is 0. The molecule has 2 rings (SSSR count). The quantitative estimate of drug-likeness (QED) is 0.789. The van der Waals surface area contributed by atoms with Crippen molar-refractivity contribution in [1.82, 2.24) is 9.62 Å². The molecule has 2 aliphatic rings. The molecule has 0 bridgehead atoms. The van der Waals surface area contributed by atoms with Crippen LogP contribution in [0.3, 0.4) is 0 Å². The van der Waals surface area contributed by atoms with Gasteiger partial charge in [0.2, 0.25) is 10.0 Å². The van der Waals surface area contributed by atoms with Crippen LogP contribution >= 0.6 is 0 Å². The molecule has 2 heterocycles. The number of nitrogens with one attached hydrogen (secondary N) is 1. The van der Waals surface area contributed by atoms with E-state index < -0.39 is 10.0 Å². The predicted molar refractivity (Wildman–Crippen MR) is 64.8 cm³/mol. The Morgan fingerprint density at radius 1 is 1.19 bits per heavy atom. The number of hydrogen-bond donors (Lipinski definition) is 1. The molecule has 2 fully saturated rings. The Bertz CT molecular complexity index is 323. The van der Waals surface area contributed by atoms with Gasteiger partial charge in [-0.2, -0.15) is 4.31 Å². The van der Waals surface area contributed by atoms with Crippen molar-refractivity contribution in [2.24, 2.45) is 0 Å². The molecule has 2 atom stereocenters. The summed E-state index contributed by atoms with van der Waals surface area (Å²) in [5.41, 5.74) is 0. The van der Waals surface area contributed by atoms with Crippen LogP contribution in [-0.4, -0.2) is 43.6 Å². The van der Waals surface area contributed by atoms with Crippen molar-refractivity contribution in [2.75, 3.05) is 19.6 Å². The van der Waals surface area contributed by atoms with Gasteiger partial charge in [0.05, 0.1) is 5.25 Å². The average Bonchev–Trinajstić information content (AvgIpc) is 2.30. The minimum atomic E-state index is -3.06. The van der Waals surface area contributed by atoms with Crippen molar-refractivity contribution >= 4 is 10.0 Å². The van der Waals surface area contributed by atoms with Gasteiger partial charge in [0.15, 0.2) is 0 Å². The number of nitrogens with zero attached hydrogens (tertiary/aromatic N) is 1. The van der Waals surface area contributed by atoms with Crippen molar-refractivity contribution in [2.45, 2.75) is 50.3 Å². The molecule has 2 aliphatic heterocycles. The van der Waals surface area contributed by atoms with Gasteiger partial charge in [-0.25, -0.2) is 8.42 Å². The molecule has 0 aliphatic carbocycles. The third kappa shape index (κ3) is 2.41. The molecule has 94 valence electrons. The highest BCUT2D eigenvalue weighted by Gasteiger charge is 2.36. The van der Waals surface area contributed by atoms with Crippen LogP contribution in [0.5, 0.6) is 0 Å². The summed E-state index contributed by atoms with van der Waals surface area (Å²) in [5.74, 6) is 0. The molecule has 5 heteroatoms. The molecule has 16 heavy (non-hydrogen) atoms. The van der Waals surface area contributed by atoms with Crippen LogP contribution in [0, 0.1) is 0 Å². The summed E-state index contributed by atoms with van der Waals surface area (Å²) in [6.45, 7) is 4.35. The molecule has 0 aromatic carbocycles. The fourth-order valence-corrected chi connectivity index (χ4v) is 4.88. The Labute approximate surface area is 98.4 Å². The van der Waals surface area contributed by atoms with E-state index in [4.69, 9.17) is 0 Å². The van der Waals surface area contributed by atoms with E-state index in [-0.39, 0.29) is 11.3 Å². The molecule has 0 amide bonds. The van der Waals surface area contributed by atoms with E-state index in [2.05, 4.69) is 5.32 Å². The van der Waals surface area contributed by atoms with Gasteiger partial charge in [-0.15, -0.1) is 0 Å². The third-order valence-corrected chi connectivity index (χ3v) is 6.18. The van der Waals surface area contributed by atoms with Crippen LogP contribution < -0.4 is 5.32 Å². The second kappa shape index (κ2) is 5.02. The lowest BCUT2D eigenvalue weighted by atomic mass is 10.1. The van der Waals surface area contributed by atoms with E-state index in [1.165, 1.54) is 0 Å². The smallest absolute Gasteiger partial charge is 0.218 e. The lowest BCUT2D eigenvalue weighted by Crippen LogP contribution is -2.50. The minimum absolute atomic E-state index is 0.193. The van der Waals surface area contributed by atoms with E-state index in [0.29, 0.717) is 6.54 Å². The zero-order valence-electron chi connectivity index (χ0n) is 9.98. The first-order chi connectivity index (χ1) is 7.62. The maximum Gasteiger partial charge on any atom is 0.218 e. The van der Waals surface area contributed by atoms with Gasteiger partial charge in [-0.3, -0.25) is 0 Å². The van der Waals surface area contributed by atoms with Crippen LogP contribution in [0.2, 0.25) is 0 Å². The van der Waals surface area contributed by atoms with Gasteiger partial charge in [0, 0.05) is 19.1 Å². The van der Waals surface area contributed by atoms with Gasteiger partial charge in [-0.1, -0.05) is 6.42 Å². The Hall–Kier alpha value is -0.130. The normalized spacial score (nSPS) is 33.8. The number of hydrogen-bond acceptors (Lipinski definition) is 3. The van der Waals surface area contributed by atoms with Crippen LogP contribution in [0.15, 0.2) is 0 Å². The second-order valence-electron chi connectivity index (χ2n) is 4.97. The maximum absolute atomic E-state index is 12.4. The molecule has 1 N–H and O–H groups in total. The highest BCUT2D eigenvalue weighted by atomic mass is 32.2. The van der Waals surface area contributed by atoms with Gasteiger partial charge >= 0.3 is 0 Å². The van der Waals surface area contributed by atoms with E-state index in [1.54, 1.807) is 4.31 Å². The van der Waals surface area contributed by atoms with Crippen molar-refractivity contribution in [3.63, 3.8) is 0 Å². The van der Waals surface area contributed by atoms with Crippen molar-refractivity contribution in [1.29, 1.82) is 0 Å². The first kappa shape index (κ1) is 12.3. The second-order valence-corrected chi connectivity index (χ2v) is 7.13. The van der Waals surface area contributed by atoms with Gasteiger partial charge in [0.25, 0.3) is 0 Å².